The molecule has 0 saturated carbocycles. The van der Waals surface area contributed by atoms with Gasteiger partial charge in [-0.1, -0.05) is 13.8 Å². The molecule has 0 heterocycles. The van der Waals surface area contributed by atoms with Crippen molar-refractivity contribution >= 4 is 5.97 Å². The molecule has 1 unspecified atom stereocenters. The summed E-state index contributed by atoms with van der Waals surface area (Å²) in [6.07, 6.45) is 0.597. The smallest absolute Gasteiger partial charge is 0.323 e. The summed E-state index contributed by atoms with van der Waals surface area (Å²) in [5.74, 6) is -0.766. The number of nitrogens with zero attached hydrogens (tertiary/aromatic N) is 1. The van der Waals surface area contributed by atoms with Crippen LogP contribution >= 0.6 is 0 Å². The first-order valence-electron chi connectivity index (χ1n) is 5.00. The molecule has 0 amide bonds. The van der Waals surface area contributed by atoms with Crippen LogP contribution in [0.25, 0.3) is 0 Å². The molecule has 0 radical (unpaired) electrons. The number of aliphatic carboxylic acids is 1. The van der Waals surface area contributed by atoms with E-state index in [2.05, 4.69) is 0 Å². The molecular weight excluding hydrogens is 182 g/mol. The van der Waals surface area contributed by atoms with Gasteiger partial charge >= 0.3 is 5.97 Å². The number of carboxylic acids is 1. The van der Waals surface area contributed by atoms with Crippen molar-refractivity contribution in [2.45, 2.75) is 32.7 Å². The van der Waals surface area contributed by atoms with Gasteiger partial charge < -0.3 is 9.84 Å². The van der Waals surface area contributed by atoms with Crippen LogP contribution in [-0.4, -0.2) is 48.3 Å². The molecule has 4 heteroatoms. The van der Waals surface area contributed by atoms with Crippen LogP contribution in [0.3, 0.4) is 0 Å². The molecule has 0 rings (SSSR count). The lowest BCUT2D eigenvalue weighted by Gasteiger charge is -2.36. The molecule has 0 bridgehead atoms. The quantitative estimate of drug-likeness (QED) is 0.675. The van der Waals surface area contributed by atoms with Gasteiger partial charge in [-0.15, -0.1) is 0 Å². The van der Waals surface area contributed by atoms with Crippen LogP contribution in [0.4, 0.5) is 0 Å². The van der Waals surface area contributed by atoms with Gasteiger partial charge in [0.1, 0.15) is 5.54 Å². The van der Waals surface area contributed by atoms with Crippen molar-refractivity contribution in [1.29, 1.82) is 0 Å². The van der Waals surface area contributed by atoms with Crippen molar-refractivity contribution in [1.82, 2.24) is 4.90 Å². The summed E-state index contributed by atoms with van der Waals surface area (Å²) in [7, 11) is 1.62. The zero-order valence-electron chi connectivity index (χ0n) is 9.54. The molecule has 0 aliphatic heterocycles. The van der Waals surface area contributed by atoms with Crippen LogP contribution in [-0.2, 0) is 9.53 Å². The van der Waals surface area contributed by atoms with Crippen molar-refractivity contribution in [3.63, 3.8) is 0 Å². The average molecular weight is 203 g/mol. The zero-order valence-corrected chi connectivity index (χ0v) is 9.54. The summed E-state index contributed by atoms with van der Waals surface area (Å²) < 4.78 is 4.96. The van der Waals surface area contributed by atoms with E-state index < -0.39 is 11.5 Å². The third kappa shape index (κ3) is 2.96. The molecule has 0 fully saturated rings. The molecule has 0 aliphatic rings. The van der Waals surface area contributed by atoms with Crippen LogP contribution in [0.15, 0.2) is 0 Å². The predicted molar refractivity (Wildman–Crippen MR) is 55.5 cm³/mol. The minimum atomic E-state index is -0.771. The summed E-state index contributed by atoms with van der Waals surface area (Å²) in [6, 6.07) is 0. The van der Waals surface area contributed by atoms with E-state index in [0.717, 1.165) is 6.54 Å². The first kappa shape index (κ1) is 13.4. The van der Waals surface area contributed by atoms with E-state index >= 15 is 0 Å². The van der Waals surface area contributed by atoms with E-state index in [4.69, 9.17) is 9.84 Å². The second-order valence-corrected chi connectivity index (χ2v) is 3.51. The molecule has 14 heavy (non-hydrogen) atoms. The summed E-state index contributed by atoms with van der Waals surface area (Å²) >= 11 is 0. The first-order valence-corrected chi connectivity index (χ1v) is 5.00. The highest BCUT2D eigenvalue weighted by molar-refractivity contribution is 5.78. The molecule has 1 N–H and O–H groups in total. The Morgan fingerprint density at radius 2 is 2.07 bits per heavy atom. The number of carboxylic acid groups (broad SMARTS) is 1. The Morgan fingerprint density at radius 3 is 2.36 bits per heavy atom. The second-order valence-electron chi connectivity index (χ2n) is 3.51. The molecule has 84 valence electrons. The van der Waals surface area contributed by atoms with Crippen molar-refractivity contribution in [2.75, 3.05) is 26.8 Å². The Labute approximate surface area is 85.9 Å². The molecule has 0 aliphatic carbocycles. The van der Waals surface area contributed by atoms with E-state index in [9.17, 15) is 4.79 Å². The Kier molecular flexibility index (Phi) is 5.72. The van der Waals surface area contributed by atoms with Gasteiger partial charge in [0.15, 0.2) is 0 Å². The van der Waals surface area contributed by atoms with Gasteiger partial charge in [0.25, 0.3) is 0 Å². The summed E-state index contributed by atoms with van der Waals surface area (Å²) in [5.41, 5.74) is -0.771. The van der Waals surface area contributed by atoms with E-state index in [0.29, 0.717) is 19.6 Å². The molecule has 0 aromatic rings. The number of methoxy groups -OCH3 is 1. The summed E-state index contributed by atoms with van der Waals surface area (Å²) in [4.78, 5) is 13.1. The number of likely N-dealkylation sites (N-methyl/N-ethyl adjacent to an activating group) is 1. The fourth-order valence-electron chi connectivity index (χ4n) is 1.47. The topological polar surface area (TPSA) is 49.8 Å². The molecule has 0 saturated heterocycles. The highest BCUT2D eigenvalue weighted by Crippen LogP contribution is 2.19. The van der Waals surface area contributed by atoms with Gasteiger partial charge in [0.2, 0.25) is 0 Å². The molecule has 0 aromatic carbocycles. The van der Waals surface area contributed by atoms with E-state index in [-0.39, 0.29) is 0 Å². The monoisotopic (exact) mass is 203 g/mol. The highest BCUT2D eigenvalue weighted by Gasteiger charge is 2.36. The number of hydrogen-bond donors (Lipinski definition) is 1. The molecule has 0 aromatic heterocycles. The van der Waals surface area contributed by atoms with Gasteiger partial charge in [0.05, 0.1) is 6.61 Å². The number of hydrogen-bond acceptors (Lipinski definition) is 3. The molecule has 0 spiro atoms. The third-order valence-corrected chi connectivity index (χ3v) is 2.79. The third-order valence-electron chi connectivity index (χ3n) is 2.79. The fraction of sp³-hybridized carbons (Fsp3) is 0.900. The Hall–Kier alpha value is -0.610. The lowest BCUT2D eigenvalue weighted by Crippen LogP contribution is -2.53. The normalized spacial score (nSPS) is 15.5. The molecule has 4 nitrogen and oxygen atoms in total. The lowest BCUT2D eigenvalue weighted by atomic mass is 9.96. The van der Waals surface area contributed by atoms with Crippen molar-refractivity contribution in [2.24, 2.45) is 0 Å². The standard InChI is InChI=1S/C10H21NO3/c1-5-10(3,9(12)13)11(6-2)7-8-14-4/h5-8H2,1-4H3,(H,12,13). The van der Waals surface area contributed by atoms with E-state index in [1.165, 1.54) is 0 Å². The average Bonchev–Trinajstić information content (AvgIpc) is 2.18. The van der Waals surface area contributed by atoms with Crippen LogP contribution in [0.5, 0.6) is 0 Å². The van der Waals surface area contributed by atoms with Crippen molar-refractivity contribution in [3.8, 4) is 0 Å². The Balaban J connectivity index is 4.51. The van der Waals surface area contributed by atoms with Crippen molar-refractivity contribution < 1.29 is 14.6 Å². The molecular formula is C10H21NO3. The predicted octanol–water partition coefficient (Wildman–Crippen LogP) is 1.21. The van der Waals surface area contributed by atoms with E-state index in [1.54, 1.807) is 14.0 Å². The maximum atomic E-state index is 11.1. The second kappa shape index (κ2) is 5.98. The number of ether oxygens (including phenoxy) is 1. The van der Waals surface area contributed by atoms with Gasteiger partial charge in [-0.05, 0) is 19.9 Å². The minimum Gasteiger partial charge on any atom is -0.480 e. The van der Waals surface area contributed by atoms with Crippen LogP contribution < -0.4 is 0 Å². The van der Waals surface area contributed by atoms with Crippen LogP contribution in [0.2, 0.25) is 0 Å². The van der Waals surface area contributed by atoms with Gasteiger partial charge in [0, 0.05) is 13.7 Å². The maximum absolute atomic E-state index is 11.1. The van der Waals surface area contributed by atoms with Crippen LogP contribution in [0.1, 0.15) is 27.2 Å². The van der Waals surface area contributed by atoms with E-state index in [1.807, 2.05) is 18.7 Å². The summed E-state index contributed by atoms with van der Waals surface area (Å²) in [5, 5.41) is 9.15. The van der Waals surface area contributed by atoms with Crippen LogP contribution in [0, 0.1) is 0 Å². The minimum absolute atomic E-state index is 0.566. The molecule has 1 atom stereocenters. The van der Waals surface area contributed by atoms with Crippen molar-refractivity contribution in [3.05, 3.63) is 0 Å². The number of carbonyl (C=O) groups is 1. The Bertz CT molecular complexity index is 184. The summed E-state index contributed by atoms with van der Waals surface area (Å²) in [6.45, 7) is 7.56. The Morgan fingerprint density at radius 1 is 1.50 bits per heavy atom. The SMILES string of the molecule is CCN(CCOC)C(C)(CC)C(=O)O. The highest BCUT2D eigenvalue weighted by atomic mass is 16.5. The zero-order chi connectivity index (χ0) is 11.2. The first-order chi connectivity index (χ1) is 6.52. The maximum Gasteiger partial charge on any atom is 0.323 e. The number of rotatable bonds is 7. The fourth-order valence-corrected chi connectivity index (χ4v) is 1.47. The van der Waals surface area contributed by atoms with Gasteiger partial charge in [-0.2, -0.15) is 0 Å². The lowest BCUT2D eigenvalue weighted by molar-refractivity contribution is -0.151. The van der Waals surface area contributed by atoms with Gasteiger partial charge in [-0.25, -0.2) is 0 Å². The largest absolute Gasteiger partial charge is 0.480 e. The van der Waals surface area contributed by atoms with Gasteiger partial charge in [-0.3, -0.25) is 9.69 Å².